The molecule has 3 fully saturated rings. The van der Waals surface area contributed by atoms with Crippen LogP contribution < -0.4 is 0 Å². The first-order chi connectivity index (χ1) is 7.39. The second-order valence-electron chi connectivity index (χ2n) is 6.91. The lowest BCUT2D eigenvalue weighted by atomic mass is 9.67. The van der Waals surface area contributed by atoms with Crippen molar-refractivity contribution in [2.75, 3.05) is 0 Å². The van der Waals surface area contributed by atoms with Crippen molar-refractivity contribution in [1.29, 1.82) is 0 Å². The first-order valence-corrected chi connectivity index (χ1v) is 6.60. The molecule has 1 nitrogen and oxygen atoms in total. The van der Waals surface area contributed by atoms with E-state index in [0.717, 1.165) is 12.8 Å². The van der Waals surface area contributed by atoms with Crippen molar-refractivity contribution in [2.45, 2.75) is 46.5 Å². The first-order valence-electron chi connectivity index (χ1n) is 6.60. The minimum Gasteiger partial charge on any atom is -0.299 e. The smallest absolute Gasteiger partial charge is 0.136 e. The molecule has 3 aliphatic rings. The standard InChI is InChI=1S/C15H22O/c1-9-5-6-15-8-11(9)14(3,4)13(15)7-12(16)10(15)2/h10-11,13H,1,5-8H2,2-4H3. The van der Waals surface area contributed by atoms with Crippen molar-refractivity contribution >= 4 is 5.78 Å². The van der Waals surface area contributed by atoms with Crippen LogP contribution in [0.15, 0.2) is 12.2 Å². The quantitative estimate of drug-likeness (QED) is 0.568. The molecule has 16 heavy (non-hydrogen) atoms. The number of hydrogen-bond acceptors (Lipinski definition) is 1. The van der Waals surface area contributed by atoms with Gasteiger partial charge >= 0.3 is 0 Å². The summed E-state index contributed by atoms with van der Waals surface area (Å²) in [5.41, 5.74) is 2.09. The lowest BCUT2D eigenvalue weighted by Gasteiger charge is -2.37. The molecule has 0 N–H and O–H groups in total. The maximum absolute atomic E-state index is 12.0. The van der Waals surface area contributed by atoms with Crippen LogP contribution in [0.25, 0.3) is 0 Å². The van der Waals surface area contributed by atoms with E-state index in [1.165, 1.54) is 18.4 Å². The van der Waals surface area contributed by atoms with Crippen molar-refractivity contribution in [3.05, 3.63) is 12.2 Å². The highest BCUT2D eigenvalue weighted by Crippen LogP contribution is 2.71. The van der Waals surface area contributed by atoms with E-state index in [2.05, 4.69) is 27.4 Å². The SMILES string of the molecule is C=C1CCC23CC1C(C)(C)C2CC(=O)C3C. The molecule has 1 heteroatoms. The molecule has 4 atom stereocenters. The van der Waals surface area contributed by atoms with Gasteiger partial charge in [0.05, 0.1) is 0 Å². The van der Waals surface area contributed by atoms with Gasteiger partial charge in [0, 0.05) is 12.3 Å². The van der Waals surface area contributed by atoms with Gasteiger partial charge in [-0.1, -0.05) is 32.9 Å². The van der Waals surface area contributed by atoms with Gasteiger partial charge in [0.2, 0.25) is 0 Å². The summed E-state index contributed by atoms with van der Waals surface area (Å²) in [6.07, 6.45) is 4.43. The van der Waals surface area contributed by atoms with E-state index in [9.17, 15) is 4.79 Å². The lowest BCUT2D eigenvalue weighted by molar-refractivity contribution is -0.122. The number of fused-ring (bicyclic) bond motifs is 1. The third-order valence-electron chi connectivity index (χ3n) is 6.23. The number of ketones is 1. The van der Waals surface area contributed by atoms with Crippen LogP contribution in [0.3, 0.4) is 0 Å². The summed E-state index contributed by atoms with van der Waals surface area (Å²) >= 11 is 0. The Kier molecular flexibility index (Phi) is 1.85. The zero-order valence-electron chi connectivity index (χ0n) is 10.7. The van der Waals surface area contributed by atoms with Gasteiger partial charge in [-0.25, -0.2) is 0 Å². The molecule has 1 spiro atoms. The minimum atomic E-state index is 0.300. The molecule has 0 aromatic rings. The van der Waals surface area contributed by atoms with E-state index in [1.54, 1.807) is 0 Å². The molecule has 0 radical (unpaired) electrons. The Balaban J connectivity index is 2.11. The molecule has 0 saturated heterocycles. The highest BCUT2D eigenvalue weighted by atomic mass is 16.1. The molecule has 0 amide bonds. The van der Waals surface area contributed by atoms with Crippen LogP contribution in [0.1, 0.15) is 46.5 Å². The summed E-state index contributed by atoms with van der Waals surface area (Å²) in [7, 11) is 0. The fraction of sp³-hybridized carbons (Fsp3) is 0.800. The van der Waals surface area contributed by atoms with E-state index in [4.69, 9.17) is 0 Å². The second kappa shape index (κ2) is 2.80. The van der Waals surface area contributed by atoms with Gasteiger partial charge in [-0.15, -0.1) is 0 Å². The number of Topliss-reactive ketones (excluding diaryl/α,β-unsaturated/α-hetero) is 1. The zero-order valence-corrected chi connectivity index (χ0v) is 10.7. The van der Waals surface area contributed by atoms with E-state index < -0.39 is 0 Å². The van der Waals surface area contributed by atoms with E-state index >= 15 is 0 Å². The molecule has 0 aromatic heterocycles. The van der Waals surface area contributed by atoms with Crippen LogP contribution in [-0.4, -0.2) is 5.78 Å². The monoisotopic (exact) mass is 218 g/mol. The molecule has 3 rings (SSSR count). The molecule has 0 heterocycles. The number of carbonyl (C=O) groups excluding carboxylic acids is 1. The van der Waals surface area contributed by atoms with E-state index in [-0.39, 0.29) is 0 Å². The molecular formula is C15H22O. The molecular weight excluding hydrogens is 196 g/mol. The van der Waals surface area contributed by atoms with Gasteiger partial charge in [-0.05, 0) is 41.9 Å². The van der Waals surface area contributed by atoms with Gasteiger partial charge in [0.1, 0.15) is 5.78 Å². The first kappa shape index (κ1) is 10.6. The van der Waals surface area contributed by atoms with Gasteiger partial charge in [-0.2, -0.15) is 0 Å². The fourth-order valence-electron chi connectivity index (χ4n) is 5.14. The molecule has 3 saturated carbocycles. The summed E-state index contributed by atoms with van der Waals surface area (Å²) in [6.45, 7) is 11.2. The number of allylic oxidation sites excluding steroid dienone is 1. The lowest BCUT2D eigenvalue weighted by Crippen LogP contribution is -2.31. The molecule has 0 aromatic carbocycles. The van der Waals surface area contributed by atoms with Gasteiger partial charge < -0.3 is 0 Å². The highest BCUT2D eigenvalue weighted by Gasteiger charge is 2.66. The molecule has 88 valence electrons. The Labute approximate surface area is 98.3 Å². The predicted molar refractivity (Wildman–Crippen MR) is 65.0 cm³/mol. The minimum absolute atomic E-state index is 0.300. The van der Waals surface area contributed by atoms with Crippen molar-refractivity contribution in [2.24, 2.45) is 28.6 Å². The summed E-state index contributed by atoms with van der Waals surface area (Å²) < 4.78 is 0. The van der Waals surface area contributed by atoms with Crippen LogP contribution in [0.4, 0.5) is 0 Å². The average Bonchev–Trinajstić information content (AvgIpc) is 2.57. The molecule has 3 aliphatic carbocycles. The van der Waals surface area contributed by atoms with Crippen LogP contribution in [-0.2, 0) is 4.79 Å². The maximum Gasteiger partial charge on any atom is 0.136 e. The number of carbonyl (C=O) groups is 1. The third-order valence-corrected chi connectivity index (χ3v) is 6.23. The Morgan fingerprint density at radius 3 is 2.75 bits per heavy atom. The van der Waals surface area contributed by atoms with Gasteiger partial charge in [-0.3, -0.25) is 4.79 Å². The summed E-state index contributed by atoms with van der Waals surface area (Å²) in [5, 5.41) is 0. The number of rotatable bonds is 0. The van der Waals surface area contributed by atoms with E-state index in [1.807, 2.05) is 0 Å². The Morgan fingerprint density at radius 1 is 1.38 bits per heavy atom. The van der Waals surface area contributed by atoms with Gasteiger partial charge in [0.15, 0.2) is 0 Å². The largest absolute Gasteiger partial charge is 0.299 e. The molecule has 4 unspecified atom stereocenters. The molecule has 0 aliphatic heterocycles. The fourth-order valence-corrected chi connectivity index (χ4v) is 5.14. The maximum atomic E-state index is 12.0. The molecule has 2 bridgehead atoms. The Morgan fingerprint density at radius 2 is 2.06 bits per heavy atom. The average molecular weight is 218 g/mol. The second-order valence-corrected chi connectivity index (χ2v) is 6.91. The predicted octanol–water partition coefficient (Wildman–Crippen LogP) is 3.59. The Bertz CT molecular complexity index is 379. The highest BCUT2D eigenvalue weighted by molar-refractivity contribution is 5.85. The van der Waals surface area contributed by atoms with Crippen molar-refractivity contribution in [1.82, 2.24) is 0 Å². The normalized spacial score (nSPS) is 49.6. The summed E-state index contributed by atoms with van der Waals surface area (Å²) in [4.78, 5) is 12.0. The van der Waals surface area contributed by atoms with Crippen molar-refractivity contribution in [3.8, 4) is 0 Å². The van der Waals surface area contributed by atoms with Crippen LogP contribution in [0.5, 0.6) is 0 Å². The topological polar surface area (TPSA) is 17.1 Å². The van der Waals surface area contributed by atoms with Crippen molar-refractivity contribution in [3.63, 3.8) is 0 Å². The third kappa shape index (κ3) is 0.959. The summed E-state index contributed by atoms with van der Waals surface area (Å²) in [5.74, 6) is 2.10. The summed E-state index contributed by atoms with van der Waals surface area (Å²) in [6, 6.07) is 0. The van der Waals surface area contributed by atoms with Gasteiger partial charge in [0.25, 0.3) is 0 Å². The Hall–Kier alpha value is -0.590. The van der Waals surface area contributed by atoms with Crippen LogP contribution >= 0.6 is 0 Å². The number of hydrogen-bond donors (Lipinski definition) is 0. The van der Waals surface area contributed by atoms with Crippen molar-refractivity contribution < 1.29 is 4.79 Å². The van der Waals surface area contributed by atoms with Crippen LogP contribution in [0.2, 0.25) is 0 Å². The zero-order chi connectivity index (χ0) is 11.7. The van der Waals surface area contributed by atoms with E-state index in [0.29, 0.717) is 34.4 Å². The van der Waals surface area contributed by atoms with Crippen LogP contribution in [0, 0.1) is 28.6 Å².